The first-order chi connectivity index (χ1) is 3.12. The van der Waals surface area contributed by atoms with Gasteiger partial charge in [0, 0.05) is 6.23 Å². The lowest BCUT2D eigenvalue weighted by Crippen LogP contribution is -2.28. The summed E-state index contributed by atoms with van der Waals surface area (Å²) >= 11 is 0. The van der Waals surface area contributed by atoms with E-state index < -0.39 is 8.07 Å². The van der Waals surface area contributed by atoms with Gasteiger partial charge in [0.1, 0.15) is 0 Å². The quantitative estimate of drug-likeness (QED) is 0.386. The van der Waals surface area contributed by atoms with Crippen LogP contribution in [0.5, 0.6) is 0 Å². The zero-order valence-electron chi connectivity index (χ0n) is 4.73. The Morgan fingerprint density at radius 3 is 2.14 bits per heavy atom. The highest BCUT2D eigenvalue weighted by Gasteiger charge is 2.14. The lowest BCUT2D eigenvalue weighted by Gasteiger charge is -2.06. The van der Waals surface area contributed by atoms with Gasteiger partial charge >= 0.3 is 0 Å². The highest BCUT2D eigenvalue weighted by atomic mass is 28.3. The molecule has 1 N–H and O–H groups in total. The van der Waals surface area contributed by atoms with Crippen molar-refractivity contribution in [2.45, 2.75) is 13.1 Å². The molecule has 0 aliphatic carbocycles. The van der Waals surface area contributed by atoms with E-state index in [1.807, 2.05) is 13.1 Å². The molecule has 1 nitrogen and oxygen atoms in total. The summed E-state index contributed by atoms with van der Waals surface area (Å²) in [5, 5.41) is 8.51. The maximum Gasteiger partial charge on any atom is 0.158 e. The maximum atomic E-state index is 8.51. The minimum atomic E-state index is -1.57. The molecule has 0 saturated carbocycles. The van der Waals surface area contributed by atoms with Gasteiger partial charge in [-0.1, -0.05) is 13.1 Å². The number of rotatable bonds is 1. The summed E-state index contributed by atoms with van der Waals surface area (Å²) in [6.07, 6.45) is 5.27. The van der Waals surface area contributed by atoms with Gasteiger partial charge in [0.05, 0.1) is 0 Å². The van der Waals surface area contributed by atoms with Gasteiger partial charge in [-0.25, -0.2) is 0 Å². The molecule has 0 aromatic heterocycles. The van der Waals surface area contributed by atoms with Gasteiger partial charge in [0.25, 0.3) is 0 Å². The summed E-state index contributed by atoms with van der Waals surface area (Å²) in [5.74, 6) is 0. The molecule has 40 valence electrons. The highest BCUT2D eigenvalue weighted by molar-refractivity contribution is 6.84. The van der Waals surface area contributed by atoms with Crippen LogP contribution in [-0.2, 0) is 0 Å². The number of hydrogen-bond acceptors (Lipinski definition) is 1. The predicted molar refractivity (Wildman–Crippen MR) is 33.4 cm³/mol. The second-order valence-corrected chi connectivity index (χ2v) is 6.56. The predicted octanol–water partition coefficient (Wildman–Crippen LogP) is 0.399. The van der Waals surface area contributed by atoms with E-state index in [1.54, 1.807) is 0 Å². The Balaban J connectivity index is 3.66. The molecule has 0 aliphatic rings. The Labute approximate surface area is 45.4 Å². The molecule has 0 bridgehead atoms. The van der Waals surface area contributed by atoms with Crippen molar-refractivity contribution in [3.63, 3.8) is 0 Å². The minimum Gasteiger partial charge on any atom is -0.398 e. The van der Waals surface area contributed by atoms with Gasteiger partial charge in [-0.2, -0.15) is 0 Å². The van der Waals surface area contributed by atoms with E-state index in [4.69, 9.17) is 11.5 Å². The molecule has 0 radical (unpaired) electrons. The van der Waals surface area contributed by atoms with Crippen LogP contribution in [-0.4, -0.2) is 19.4 Å². The zero-order chi connectivity index (χ0) is 5.91. The molecule has 2 heteroatoms. The van der Waals surface area contributed by atoms with Gasteiger partial charge in [-0.15, -0.1) is 12.0 Å². The molecule has 0 heterocycles. The fourth-order valence-corrected chi connectivity index (χ4v) is 0.137. The molecular formula is C5H10OSi. The van der Waals surface area contributed by atoms with E-state index in [0.717, 1.165) is 0 Å². The molecule has 0 rings (SSSR count). The maximum absolute atomic E-state index is 8.51. The Morgan fingerprint density at radius 1 is 1.71 bits per heavy atom. The standard InChI is InChI=1S/C5H10OSi/c1-4-7(2,3)5-6/h1,6H,5H2,2-3H3. The molecule has 0 fully saturated rings. The fourth-order valence-electron chi connectivity index (χ4n) is 0.0456. The molecule has 0 aliphatic heterocycles. The number of aliphatic hydroxyl groups excluding tert-OH is 1. The Bertz CT molecular complexity index is 90.7. The second-order valence-electron chi connectivity index (χ2n) is 2.19. The van der Waals surface area contributed by atoms with Crippen LogP contribution in [0.15, 0.2) is 0 Å². The zero-order valence-corrected chi connectivity index (χ0v) is 5.73. The van der Waals surface area contributed by atoms with Gasteiger partial charge < -0.3 is 5.11 Å². The van der Waals surface area contributed by atoms with Crippen LogP contribution in [0.4, 0.5) is 0 Å². The Hall–Kier alpha value is -0.263. The van der Waals surface area contributed by atoms with E-state index in [2.05, 4.69) is 5.54 Å². The van der Waals surface area contributed by atoms with Crippen LogP contribution in [0, 0.1) is 12.0 Å². The monoisotopic (exact) mass is 114 g/mol. The summed E-state index contributed by atoms with van der Waals surface area (Å²) < 4.78 is 0. The summed E-state index contributed by atoms with van der Waals surface area (Å²) in [6, 6.07) is 0. The Morgan fingerprint density at radius 2 is 2.14 bits per heavy atom. The summed E-state index contributed by atoms with van der Waals surface area (Å²) in [5.41, 5.74) is 2.58. The van der Waals surface area contributed by atoms with Crippen LogP contribution in [0.1, 0.15) is 0 Å². The van der Waals surface area contributed by atoms with Crippen LogP contribution < -0.4 is 0 Å². The summed E-state index contributed by atoms with van der Waals surface area (Å²) in [4.78, 5) is 0. The number of aliphatic hydroxyl groups is 1. The van der Waals surface area contributed by atoms with E-state index in [1.165, 1.54) is 0 Å². The fraction of sp³-hybridized carbons (Fsp3) is 0.600. The third-order valence-corrected chi connectivity index (χ3v) is 2.36. The lowest BCUT2D eigenvalue weighted by atomic mass is 11.4. The SMILES string of the molecule is C#C[Si](C)(C)CO. The average molecular weight is 114 g/mol. The molecule has 7 heavy (non-hydrogen) atoms. The van der Waals surface area contributed by atoms with Gasteiger partial charge in [0.15, 0.2) is 8.07 Å². The average Bonchev–Trinajstić information content (AvgIpc) is 1.68. The van der Waals surface area contributed by atoms with Gasteiger partial charge in [-0.3, -0.25) is 0 Å². The van der Waals surface area contributed by atoms with E-state index in [-0.39, 0.29) is 6.23 Å². The number of hydrogen-bond donors (Lipinski definition) is 1. The minimum absolute atomic E-state index is 0.198. The molecule has 0 spiro atoms. The van der Waals surface area contributed by atoms with Crippen molar-refractivity contribution in [1.29, 1.82) is 0 Å². The molecule has 0 amide bonds. The van der Waals surface area contributed by atoms with Crippen LogP contribution >= 0.6 is 0 Å². The van der Waals surface area contributed by atoms with Crippen LogP contribution in [0.2, 0.25) is 13.1 Å². The smallest absolute Gasteiger partial charge is 0.158 e. The first-order valence-corrected chi connectivity index (χ1v) is 5.42. The van der Waals surface area contributed by atoms with Crippen molar-refractivity contribution in [3.05, 3.63) is 0 Å². The van der Waals surface area contributed by atoms with Crippen LogP contribution in [0.25, 0.3) is 0 Å². The van der Waals surface area contributed by atoms with Crippen molar-refractivity contribution in [2.75, 3.05) is 6.23 Å². The first kappa shape index (κ1) is 6.74. The molecule has 0 atom stereocenters. The van der Waals surface area contributed by atoms with Crippen molar-refractivity contribution in [3.8, 4) is 12.0 Å². The summed E-state index contributed by atoms with van der Waals surface area (Å²) in [6.45, 7) is 3.90. The van der Waals surface area contributed by atoms with Crippen molar-refractivity contribution in [2.24, 2.45) is 0 Å². The van der Waals surface area contributed by atoms with E-state index in [0.29, 0.717) is 0 Å². The van der Waals surface area contributed by atoms with Gasteiger partial charge in [0.2, 0.25) is 0 Å². The third-order valence-electron chi connectivity index (χ3n) is 0.786. The van der Waals surface area contributed by atoms with Gasteiger partial charge in [-0.05, 0) is 0 Å². The highest BCUT2D eigenvalue weighted by Crippen LogP contribution is 1.94. The van der Waals surface area contributed by atoms with E-state index in [9.17, 15) is 0 Å². The topological polar surface area (TPSA) is 20.2 Å². The van der Waals surface area contributed by atoms with E-state index >= 15 is 0 Å². The Kier molecular flexibility index (Phi) is 2.07. The second kappa shape index (κ2) is 2.15. The molecule has 0 saturated heterocycles. The summed E-state index contributed by atoms with van der Waals surface area (Å²) in [7, 11) is -1.57. The van der Waals surface area contributed by atoms with Crippen LogP contribution in [0.3, 0.4) is 0 Å². The molecular weight excluding hydrogens is 104 g/mol. The molecule has 0 unspecified atom stereocenters. The molecule has 0 aromatic rings. The third kappa shape index (κ3) is 2.43. The number of terminal acetylenes is 1. The van der Waals surface area contributed by atoms with Crippen molar-refractivity contribution < 1.29 is 5.11 Å². The van der Waals surface area contributed by atoms with Crippen molar-refractivity contribution >= 4 is 8.07 Å². The molecule has 0 aromatic carbocycles. The first-order valence-electron chi connectivity index (χ1n) is 2.21. The van der Waals surface area contributed by atoms with Crippen molar-refractivity contribution in [1.82, 2.24) is 0 Å². The lowest BCUT2D eigenvalue weighted by molar-refractivity contribution is 0.360. The normalized spacial score (nSPS) is 10.6. The largest absolute Gasteiger partial charge is 0.398 e.